The lowest BCUT2D eigenvalue weighted by molar-refractivity contribution is -0.132. The van der Waals surface area contributed by atoms with Gasteiger partial charge in [0.25, 0.3) is 0 Å². The topological polar surface area (TPSA) is 58.1 Å². The van der Waals surface area contributed by atoms with E-state index in [1.807, 2.05) is 39.8 Å². The number of hydrogen-bond acceptors (Lipinski definition) is 2. The molecule has 1 aliphatic rings. The Labute approximate surface area is 171 Å². The number of nitrogens with zero attached hydrogens (tertiary/aromatic N) is 2. The Morgan fingerprint density at radius 2 is 1.66 bits per heavy atom. The first-order chi connectivity index (χ1) is 14.2. The van der Waals surface area contributed by atoms with Gasteiger partial charge in [0.1, 0.15) is 0 Å². The number of piperidine rings is 1. The minimum atomic E-state index is -0.0469. The number of nitrogens with one attached hydrogen (secondary N) is 1. The first-order valence-electron chi connectivity index (χ1n) is 10.7. The van der Waals surface area contributed by atoms with Crippen LogP contribution in [0.5, 0.6) is 0 Å². The fourth-order valence-corrected chi connectivity index (χ4v) is 4.40. The van der Waals surface area contributed by atoms with Crippen molar-refractivity contribution in [3.8, 4) is 0 Å². The van der Waals surface area contributed by atoms with Gasteiger partial charge in [-0.2, -0.15) is 0 Å². The summed E-state index contributed by atoms with van der Waals surface area (Å²) in [4.78, 5) is 29.9. The molecule has 4 rings (SSSR count). The summed E-state index contributed by atoms with van der Waals surface area (Å²) in [6, 6.07) is 18.5. The van der Waals surface area contributed by atoms with Gasteiger partial charge in [-0.25, -0.2) is 4.79 Å². The van der Waals surface area contributed by atoms with Crippen molar-refractivity contribution < 1.29 is 4.79 Å². The number of aryl methyl sites for hydroxylation is 1. The SMILES string of the molecule is O=C(CCCCCc1ccccc1)N1CCC(n2c(=O)[nH]c3ccccc32)CC1. The van der Waals surface area contributed by atoms with Crippen LogP contribution in [0.1, 0.15) is 50.1 Å². The van der Waals surface area contributed by atoms with Gasteiger partial charge in [0.05, 0.1) is 11.0 Å². The van der Waals surface area contributed by atoms with Crippen molar-refractivity contribution in [3.05, 3.63) is 70.6 Å². The average Bonchev–Trinajstić information content (AvgIpc) is 3.10. The minimum absolute atomic E-state index is 0.0469. The molecule has 1 saturated heterocycles. The highest BCUT2D eigenvalue weighted by molar-refractivity contribution is 5.76. The van der Waals surface area contributed by atoms with Gasteiger partial charge in [-0.1, -0.05) is 48.9 Å². The van der Waals surface area contributed by atoms with Crippen molar-refractivity contribution in [2.24, 2.45) is 0 Å². The maximum absolute atomic E-state index is 12.6. The lowest BCUT2D eigenvalue weighted by Crippen LogP contribution is -2.40. The predicted molar refractivity (Wildman–Crippen MR) is 116 cm³/mol. The molecule has 152 valence electrons. The standard InChI is InChI=1S/C24H29N3O2/c28-23(14-6-2-5-11-19-9-3-1-4-10-19)26-17-15-20(16-18-26)27-22-13-8-7-12-21(22)25-24(27)29/h1,3-4,7-10,12-13,20H,2,5-6,11,14-18H2,(H,25,29). The number of imidazole rings is 1. The highest BCUT2D eigenvalue weighted by atomic mass is 16.2. The van der Waals surface area contributed by atoms with E-state index in [0.717, 1.165) is 62.6 Å². The third-order valence-electron chi connectivity index (χ3n) is 6.01. The zero-order valence-electron chi connectivity index (χ0n) is 16.8. The molecule has 5 heteroatoms. The Morgan fingerprint density at radius 3 is 2.45 bits per heavy atom. The Hall–Kier alpha value is -2.82. The number of likely N-dealkylation sites (tertiary alicyclic amines) is 1. The fourth-order valence-electron chi connectivity index (χ4n) is 4.40. The molecule has 1 fully saturated rings. The van der Waals surface area contributed by atoms with E-state index < -0.39 is 0 Å². The van der Waals surface area contributed by atoms with Crippen LogP contribution in [0, 0.1) is 0 Å². The average molecular weight is 392 g/mol. The van der Waals surface area contributed by atoms with Crippen molar-refractivity contribution in [2.75, 3.05) is 13.1 Å². The number of aromatic nitrogens is 2. The van der Waals surface area contributed by atoms with E-state index in [4.69, 9.17) is 0 Å². The molecule has 1 aromatic heterocycles. The Kier molecular flexibility index (Phi) is 6.13. The summed E-state index contributed by atoms with van der Waals surface area (Å²) in [7, 11) is 0. The molecule has 2 heterocycles. The number of carbonyl (C=O) groups excluding carboxylic acids is 1. The molecule has 29 heavy (non-hydrogen) atoms. The van der Waals surface area contributed by atoms with Crippen molar-refractivity contribution >= 4 is 16.9 Å². The van der Waals surface area contributed by atoms with E-state index in [1.165, 1.54) is 5.56 Å². The molecule has 0 bridgehead atoms. The molecule has 1 amide bonds. The number of hydrogen-bond donors (Lipinski definition) is 1. The first kappa shape index (κ1) is 19.5. The summed E-state index contributed by atoms with van der Waals surface area (Å²) >= 11 is 0. The molecule has 0 unspecified atom stereocenters. The fraction of sp³-hybridized carbons (Fsp3) is 0.417. The second-order valence-electron chi connectivity index (χ2n) is 7.98. The largest absolute Gasteiger partial charge is 0.343 e. The van der Waals surface area contributed by atoms with E-state index in [9.17, 15) is 9.59 Å². The van der Waals surface area contributed by atoms with Crippen LogP contribution >= 0.6 is 0 Å². The second kappa shape index (κ2) is 9.12. The minimum Gasteiger partial charge on any atom is -0.343 e. The van der Waals surface area contributed by atoms with E-state index in [1.54, 1.807) is 0 Å². The Morgan fingerprint density at radius 1 is 0.931 bits per heavy atom. The predicted octanol–water partition coefficient (Wildman–Crippen LogP) is 4.30. The van der Waals surface area contributed by atoms with Crippen molar-refractivity contribution in [1.82, 2.24) is 14.5 Å². The second-order valence-corrected chi connectivity index (χ2v) is 7.98. The summed E-state index contributed by atoms with van der Waals surface area (Å²) in [5, 5.41) is 0. The Balaban J connectivity index is 1.22. The lowest BCUT2D eigenvalue weighted by atomic mass is 10.0. The lowest BCUT2D eigenvalue weighted by Gasteiger charge is -2.32. The summed E-state index contributed by atoms with van der Waals surface area (Å²) in [6.45, 7) is 1.47. The number of para-hydroxylation sites is 2. The molecule has 0 aliphatic carbocycles. The third kappa shape index (κ3) is 4.61. The van der Waals surface area contributed by atoms with Crippen molar-refractivity contribution in [3.63, 3.8) is 0 Å². The Bertz CT molecular complexity index is 998. The van der Waals surface area contributed by atoms with Crippen LogP contribution in [-0.2, 0) is 11.2 Å². The number of aromatic amines is 1. The van der Waals surface area contributed by atoms with E-state index in [-0.39, 0.29) is 17.6 Å². The molecule has 2 aromatic carbocycles. The van der Waals surface area contributed by atoms with Crippen molar-refractivity contribution in [1.29, 1.82) is 0 Å². The van der Waals surface area contributed by atoms with E-state index >= 15 is 0 Å². The molecular formula is C24H29N3O2. The molecular weight excluding hydrogens is 362 g/mol. The summed E-state index contributed by atoms with van der Waals surface area (Å²) in [6.07, 6.45) is 6.55. The van der Waals surface area contributed by atoms with Gasteiger partial charge in [-0.15, -0.1) is 0 Å². The maximum Gasteiger partial charge on any atom is 0.326 e. The van der Waals surface area contributed by atoms with Gasteiger partial charge >= 0.3 is 5.69 Å². The van der Waals surface area contributed by atoms with Crippen LogP contribution in [0.2, 0.25) is 0 Å². The smallest absolute Gasteiger partial charge is 0.326 e. The molecule has 3 aromatic rings. The van der Waals surface area contributed by atoms with Crippen LogP contribution in [-0.4, -0.2) is 33.4 Å². The van der Waals surface area contributed by atoms with Crippen LogP contribution < -0.4 is 5.69 Å². The highest BCUT2D eigenvalue weighted by Gasteiger charge is 2.25. The van der Waals surface area contributed by atoms with Crippen LogP contribution in [0.25, 0.3) is 11.0 Å². The number of rotatable bonds is 7. The zero-order chi connectivity index (χ0) is 20.1. The van der Waals surface area contributed by atoms with Gasteiger partial charge in [-0.05, 0) is 49.8 Å². The third-order valence-corrected chi connectivity index (χ3v) is 6.01. The summed E-state index contributed by atoms with van der Waals surface area (Å²) < 4.78 is 1.88. The molecule has 0 saturated carbocycles. The molecule has 5 nitrogen and oxygen atoms in total. The highest BCUT2D eigenvalue weighted by Crippen LogP contribution is 2.25. The number of amides is 1. The molecule has 0 atom stereocenters. The monoisotopic (exact) mass is 391 g/mol. The normalized spacial score (nSPS) is 15.1. The number of carbonyl (C=O) groups is 1. The number of benzene rings is 2. The molecule has 0 radical (unpaired) electrons. The van der Waals surface area contributed by atoms with Crippen molar-refractivity contribution in [2.45, 2.75) is 51.0 Å². The molecule has 0 spiro atoms. The summed E-state index contributed by atoms with van der Waals surface area (Å²) in [5.74, 6) is 0.259. The van der Waals surface area contributed by atoms with Gasteiger partial charge in [0, 0.05) is 25.6 Å². The van der Waals surface area contributed by atoms with Crippen LogP contribution in [0.3, 0.4) is 0 Å². The van der Waals surface area contributed by atoms with Crippen LogP contribution in [0.15, 0.2) is 59.4 Å². The number of fused-ring (bicyclic) bond motifs is 1. The zero-order valence-corrected chi connectivity index (χ0v) is 16.8. The number of H-pyrrole nitrogens is 1. The van der Waals surface area contributed by atoms with Crippen LogP contribution in [0.4, 0.5) is 0 Å². The van der Waals surface area contributed by atoms with Gasteiger partial charge in [0.2, 0.25) is 5.91 Å². The van der Waals surface area contributed by atoms with E-state index in [2.05, 4.69) is 29.2 Å². The summed E-state index contributed by atoms with van der Waals surface area (Å²) in [5.41, 5.74) is 3.16. The maximum atomic E-state index is 12.6. The van der Waals surface area contributed by atoms with Gasteiger partial charge < -0.3 is 9.88 Å². The quantitative estimate of drug-likeness (QED) is 0.611. The van der Waals surface area contributed by atoms with E-state index in [0.29, 0.717) is 6.42 Å². The first-order valence-corrected chi connectivity index (χ1v) is 10.7. The van der Waals surface area contributed by atoms with Gasteiger partial charge in [0.15, 0.2) is 0 Å². The number of unbranched alkanes of at least 4 members (excludes halogenated alkanes) is 2. The molecule has 1 aliphatic heterocycles. The van der Waals surface area contributed by atoms with Gasteiger partial charge in [-0.3, -0.25) is 9.36 Å². The molecule has 1 N–H and O–H groups in total.